The SMILES string of the molecule is Cn1nncc1CNc1ccc(NC(=O)C2CC2)cc1. The van der Waals surface area contributed by atoms with Gasteiger partial charge in [-0.15, -0.1) is 5.10 Å². The maximum atomic E-state index is 11.6. The van der Waals surface area contributed by atoms with Gasteiger partial charge in [-0.2, -0.15) is 0 Å². The summed E-state index contributed by atoms with van der Waals surface area (Å²) in [5, 5.41) is 13.9. The first-order chi connectivity index (χ1) is 9.72. The number of benzene rings is 1. The van der Waals surface area contributed by atoms with Crippen LogP contribution in [0.25, 0.3) is 0 Å². The minimum Gasteiger partial charge on any atom is -0.379 e. The number of nitrogens with one attached hydrogen (secondary N) is 2. The van der Waals surface area contributed by atoms with Crippen molar-refractivity contribution in [2.24, 2.45) is 13.0 Å². The van der Waals surface area contributed by atoms with Crippen molar-refractivity contribution in [1.82, 2.24) is 15.0 Å². The number of anilines is 2. The molecule has 1 aromatic heterocycles. The first kappa shape index (κ1) is 12.7. The van der Waals surface area contributed by atoms with E-state index in [9.17, 15) is 4.79 Å². The van der Waals surface area contributed by atoms with Crippen LogP contribution in [-0.4, -0.2) is 20.9 Å². The second kappa shape index (κ2) is 5.32. The first-order valence-corrected chi connectivity index (χ1v) is 6.71. The Bertz CT molecular complexity index is 600. The third-order valence-corrected chi connectivity index (χ3v) is 3.38. The van der Waals surface area contributed by atoms with Crippen molar-refractivity contribution >= 4 is 17.3 Å². The van der Waals surface area contributed by atoms with Crippen molar-refractivity contribution in [3.05, 3.63) is 36.2 Å². The summed E-state index contributed by atoms with van der Waals surface area (Å²) in [5.74, 6) is 0.358. The molecule has 0 unspecified atom stereocenters. The first-order valence-electron chi connectivity index (χ1n) is 6.71. The largest absolute Gasteiger partial charge is 0.379 e. The van der Waals surface area contributed by atoms with Crippen LogP contribution in [-0.2, 0) is 18.4 Å². The molecule has 0 saturated heterocycles. The van der Waals surface area contributed by atoms with Crippen LogP contribution in [0.2, 0.25) is 0 Å². The molecule has 0 atom stereocenters. The summed E-state index contributed by atoms with van der Waals surface area (Å²) in [5.41, 5.74) is 2.85. The van der Waals surface area contributed by atoms with Gasteiger partial charge in [0.15, 0.2) is 0 Å². The molecule has 2 N–H and O–H groups in total. The molecule has 0 spiro atoms. The van der Waals surface area contributed by atoms with Gasteiger partial charge in [-0.05, 0) is 37.1 Å². The second-order valence-corrected chi connectivity index (χ2v) is 5.04. The summed E-state index contributed by atoms with van der Waals surface area (Å²) in [6.45, 7) is 0.664. The highest BCUT2D eigenvalue weighted by Gasteiger charge is 2.29. The monoisotopic (exact) mass is 271 g/mol. The molecule has 6 nitrogen and oxygen atoms in total. The average Bonchev–Trinajstić information content (AvgIpc) is 3.22. The standard InChI is InChI=1S/C14H17N5O/c1-19-13(9-16-18-19)8-15-11-4-6-12(7-5-11)17-14(20)10-2-3-10/h4-7,9-10,15H,2-3,8H2,1H3,(H,17,20). The van der Waals surface area contributed by atoms with Crippen molar-refractivity contribution in [2.75, 3.05) is 10.6 Å². The van der Waals surface area contributed by atoms with Crippen LogP contribution >= 0.6 is 0 Å². The van der Waals surface area contributed by atoms with E-state index in [1.165, 1.54) is 0 Å². The molecule has 1 aliphatic rings. The van der Waals surface area contributed by atoms with E-state index in [2.05, 4.69) is 20.9 Å². The van der Waals surface area contributed by atoms with Crippen molar-refractivity contribution in [2.45, 2.75) is 19.4 Å². The molecule has 1 aliphatic carbocycles. The second-order valence-electron chi connectivity index (χ2n) is 5.04. The van der Waals surface area contributed by atoms with Crippen molar-refractivity contribution in [3.8, 4) is 0 Å². The van der Waals surface area contributed by atoms with Gasteiger partial charge < -0.3 is 10.6 Å². The number of aromatic nitrogens is 3. The summed E-state index contributed by atoms with van der Waals surface area (Å²) in [6.07, 6.45) is 3.77. The van der Waals surface area contributed by atoms with Gasteiger partial charge in [0.05, 0.1) is 18.4 Å². The topological polar surface area (TPSA) is 71.8 Å². The van der Waals surface area contributed by atoms with E-state index in [1.54, 1.807) is 10.9 Å². The number of aryl methyl sites for hydroxylation is 1. The molecule has 1 aromatic carbocycles. The fourth-order valence-corrected chi connectivity index (χ4v) is 1.92. The molecule has 1 amide bonds. The van der Waals surface area contributed by atoms with E-state index in [4.69, 9.17) is 0 Å². The molecule has 20 heavy (non-hydrogen) atoms. The predicted molar refractivity (Wildman–Crippen MR) is 76.1 cm³/mol. The minimum atomic E-state index is 0.131. The summed E-state index contributed by atoms with van der Waals surface area (Å²) in [4.78, 5) is 11.6. The molecular formula is C14H17N5O. The van der Waals surface area contributed by atoms with Crippen LogP contribution in [0.5, 0.6) is 0 Å². The van der Waals surface area contributed by atoms with E-state index < -0.39 is 0 Å². The van der Waals surface area contributed by atoms with E-state index in [1.807, 2.05) is 31.3 Å². The fraction of sp³-hybridized carbons (Fsp3) is 0.357. The Morgan fingerprint density at radius 3 is 2.60 bits per heavy atom. The van der Waals surface area contributed by atoms with Crippen molar-refractivity contribution < 1.29 is 4.79 Å². The molecule has 1 heterocycles. The van der Waals surface area contributed by atoms with E-state index in [-0.39, 0.29) is 11.8 Å². The number of carbonyl (C=O) groups excluding carboxylic acids is 1. The zero-order chi connectivity index (χ0) is 13.9. The zero-order valence-corrected chi connectivity index (χ0v) is 11.3. The lowest BCUT2D eigenvalue weighted by Gasteiger charge is -2.08. The number of hydrogen-bond acceptors (Lipinski definition) is 4. The molecule has 1 saturated carbocycles. The van der Waals surface area contributed by atoms with Gasteiger partial charge in [0.1, 0.15) is 0 Å². The number of rotatable bonds is 5. The number of carbonyl (C=O) groups is 1. The van der Waals surface area contributed by atoms with E-state index in [0.29, 0.717) is 6.54 Å². The van der Waals surface area contributed by atoms with Crippen molar-refractivity contribution in [1.29, 1.82) is 0 Å². The lowest BCUT2D eigenvalue weighted by molar-refractivity contribution is -0.117. The Morgan fingerprint density at radius 2 is 2.00 bits per heavy atom. The molecule has 2 aromatic rings. The fourth-order valence-electron chi connectivity index (χ4n) is 1.92. The molecule has 0 bridgehead atoms. The lowest BCUT2D eigenvalue weighted by atomic mass is 10.2. The van der Waals surface area contributed by atoms with Gasteiger partial charge in [-0.1, -0.05) is 5.21 Å². The maximum absolute atomic E-state index is 11.6. The van der Waals surface area contributed by atoms with Crippen LogP contribution in [0.1, 0.15) is 18.5 Å². The van der Waals surface area contributed by atoms with E-state index >= 15 is 0 Å². The molecule has 104 valence electrons. The quantitative estimate of drug-likeness (QED) is 0.869. The summed E-state index contributed by atoms with van der Waals surface area (Å²) >= 11 is 0. The predicted octanol–water partition coefficient (Wildman–Crippen LogP) is 1.78. The Hall–Kier alpha value is -2.37. The van der Waals surface area contributed by atoms with Crippen LogP contribution in [0.3, 0.4) is 0 Å². The highest BCUT2D eigenvalue weighted by molar-refractivity contribution is 5.94. The Kier molecular flexibility index (Phi) is 3.37. The highest BCUT2D eigenvalue weighted by Crippen LogP contribution is 2.30. The van der Waals surface area contributed by atoms with Gasteiger partial charge in [0.2, 0.25) is 5.91 Å². The van der Waals surface area contributed by atoms with Crippen LogP contribution in [0.4, 0.5) is 11.4 Å². The Labute approximate surface area is 117 Å². The molecule has 0 radical (unpaired) electrons. The van der Waals surface area contributed by atoms with Gasteiger partial charge in [0, 0.05) is 24.3 Å². The van der Waals surface area contributed by atoms with Crippen LogP contribution in [0, 0.1) is 5.92 Å². The lowest BCUT2D eigenvalue weighted by Crippen LogP contribution is -2.13. The van der Waals surface area contributed by atoms with Gasteiger partial charge in [0.25, 0.3) is 0 Å². The maximum Gasteiger partial charge on any atom is 0.227 e. The molecular weight excluding hydrogens is 254 g/mol. The average molecular weight is 271 g/mol. The van der Waals surface area contributed by atoms with Crippen LogP contribution in [0.15, 0.2) is 30.5 Å². The molecule has 3 rings (SSSR count). The minimum absolute atomic E-state index is 0.131. The summed E-state index contributed by atoms with van der Waals surface area (Å²) in [7, 11) is 1.86. The van der Waals surface area contributed by atoms with Gasteiger partial charge >= 0.3 is 0 Å². The summed E-state index contributed by atoms with van der Waals surface area (Å²) < 4.78 is 1.73. The van der Waals surface area contributed by atoms with Gasteiger partial charge in [-0.25, -0.2) is 0 Å². The number of nitrogens with zero attached hydrogens (tertiary/aromatic N) is 3. The van der Waals surface area contributed by atoms with Crippen molar-refractivity contribution in [3.63, 3.8) is 0 Å². The molecule has 1 fully saturated rings. The van der Waals surface area contributed by atoms with Crippen LogP contribution < -0.4 is 10.6 Å². The number of hydrogen-bond donors (Lipinski definition) is 2. The van der Waals surface area contributed by atoms with E-state index in [0.717, 1.165) is 29.9 Å². The Morgan fingerprint density at radius 1 is 1.30 bits per heavy atom. The van der Waals surface area contributed by atoms with Gasteiger partial charge in [-0.3, -0.25) is 9.48 Å². The highest BCUT2D eigenvalue weighted by atomic mass is 16.2. The Balaban J connectivity index is 1.55. The molecule has 6 heteroatoms. The third kappa shape index (κ3) is 2.96. The summed E-state index contributed by atoms with van der Waals surface area (Å²) in [6, 6.07) is 7.72. The molecule has 0 aliphatic heterocycles. The zero-order valence-electron chi connectivity index (χ0n) is 11.3. The normalized spacial score (nSPS) is 14.1. The smallest absolute Gasteiger partial charge is 0.227 e. The number of amides is 1. The third-order valence-electron chi connectivity index (χ3n) is 3.38.